The smallest absolute Gasteiger partial charge is 0.234 e. The minimum atomic E-state index is 0.462. The van der Waals surface area contributed by atoms with Gasteiger partial charge in [-0.3, -0.25) is 0 Å². The van der Waals surface area contributed by atoms with E-state index in [0.717, 1.165) is 21.2 Å². The summed E-state index contributed by atoms with van der Waals surface area (Å²) in [5.74, 6) is 1.38. The van der Waals surface area contributed by atoms with Crippen molar-refractivity contribution in [2.24, 2.45) is 0 Å². The molecule has 0 amide bonds. The van der Waals surface area contributed by atoms with Crippen LogP contribution in [0.3, 0.4) is 0 Å². The molecule has 0 spiro atoms. The van der Waals surface area contributed by atoms with Gasteiger partial charge in [0.05, 0.1) is 18.1 Å². The third-order valence-electron chi connectivity index (χ3n) is 3.69. The molecule has 0 saturated carbocycles. The van der Waals surface area contributed by atoms with Gasteiger partial charge in [0.2, 0.25) is 5.52 Å². The second kappa shape index (κ2) is 5.93. The molecule has 3 rings (SSSR count). The number of ether oxygens (including phenoxy) is 2. The molecule has 0 radical (unpaired) electrons. The predicted molar refractivity (Wildman–Crippen MR) is 85.0 cm³/mol. The van der Waals surface area contributed by atoms with Crippen molar-refractivity contribution in [2.45, 2.75) is 13.5 Å². The highest BCUT2D eigenvalue weighted by atomic mass is 16.5. The third kappa shape index (κ3) is 2.55. The number of hydrogen-bond acceptors (Lipinski definition) is 3. The summed E-state index contributed by atoms with van der Waals surface area (Å²) in [5.41, 5.74) is 2.46. The molecular weight excluding hydrogens is 278 g/mol. The van der Waals surface area contributed by atoms with Gasteiger partial charge >= 0.3 is 0 Å². The van der Waals surface area contributed by atoms with Crippen molar-refractivity contribution in [3.05, 3.63) is 71.1 Å². The maximum Gasteiger partial charge on any atom is 0.234 e. The molecular formula is C18H17NO3. The summed E-state index contributed by atoms with van der Waals surface area (Å²) in [4.78, 5) is 0. The van der Waals surface area contributed by atoms with Crippen molar-refractivity contribution in [1.82, 2.24) is 0 Å². The number of aryl methyl sites for hydroxylation is 1. The predicted octanol–water partition coefficient (Wildman–Crippen LogP) is 3.37. The number of methoxy groups -OCH3 is 1. The normalized spacial score (nSPS) is 10.6. The van der Waals surface area contributed by atoms with Gasteiger partial charge in [-0.25, -0.2) is 0 Å². The number of pyridine rings is 1. The SMILES string of the molecule is COc1ccc2c(OCc3ccccc3)cc[n+]([O-])c2c1C. The fourth-order valence-electron chi connectivity index (χ4n) is 2.55. The zero-order valence-electron chi connectivity index (χ0n) is 12.6. The van der Waals surface area contributed by atoms with E-state index in [4.69, 9.17) is 9.47 Å². The number of benzene rings is 2. The zero-order chi connectivity index (χ0) is 15.5. The van der Waals surface area contributed by atoms with Gasteiger partial charge < -0.3 is 14.7 Å². The van der Waals surface area contributed by atoms with Crippen LogP contribution < -0.4 is 14.2 Å². The van der Waals surface area contributed by atoms with Crippen LogP contribution in [0.25, 0.3) is 10.9 Å². The fraction of sp³-hybridized carbons (Fsp3) is 0.167. The maximum absolute atomic E-state index is 12.1. The largest absolute Gasteiger partial charge is 0.618 e. The molecule has 3 aromatic rings. The number of fused-ring (bicyclic) bond motifs is 1. The van der Waals surface area contributed by atoms with Crippen molar-refractivity contribution < 1.29 is 14.2 Å². The lowest BCUT2D eigenvalue weighted by atomic mass is 10.1. The lowest BCUT2D eigenvalue weighted by Crippen LogP contribution is -2.27. The number of hydrogen-bond donors (Lipinski definition) is 0. The van der Waals surface area contributed by atoms with Crippen LogP contribution in [0.5, 0.6) is 11.5 Å². The Bertz CT molecular complexity index is 800. The molecule has 4 nitrogen and oxygen atoms in total. The van der Waals surface area contributed by atoms with Crippen molar-refractivity contribution in [1.29, 1.82) is 0 Å². The minimum absolute atomic E-state index is 0.462. The summed E-state index contributed by atoms with van der Waals surface area (Å²) in [6.45, 7) is 2.33. The number of nitrogens with zero attached hydrogens (tertiary/aromatic N) is 1. The summed E-state index contributed by atoms with van der Waals surface area (Å²) < 4.78 is 12.0. The van der Waals surface area contributed by atoms with Gasteiger partial charge in [-0.15, -0.1) is 0 Å². The summed E-state index contributed by atoms with van der Waals surface area (Å²) >= 11 is 0. The van der Waals surface area contributed by atoms with E-state index in [1.807, 2.05) is 49.4 Å². The molecule has 22 heavy (non-hydrogen) atoms. The Morgan fingerprint density at radius 1 is 1.00 bits per heavy atom. The molecule has 112 valence electrons. The molecule has 0 aliphatic heterocycles. The zero-order valence-corrected chi connectivity index (χ0v) is 12.6. The lowest BCUT2D eigenvalue weighted by molar-refractivity contribution is -0.577. The quantitative estimate of drug-likeness (QED) is 0.547. The Morgan fingerprint density at radius 2 is 1.77 bits per heavy atom. The van der Waals surface area contributed by atoms with E-state index < -0.39 is 0 Å². The summed E-state index contributed by atoms with van der Waals surface area (Å²) in [7, 11) is 1.60. The highest BCUT2D eigenvalue weighted by Crippen LogP contribution is 2.30. The monoisotopic (exact) mass is 295 g/mol. The standard InChI is InChI=1S/C18H17NO3/c1-13-16(21-2)9-8-15-17(10-11-19(20)18(13)15)22-12-14-6-4-3-5-7-14/h3-11H,12H2,1-2H3. The highest BCUT2D eigenvalue weighted by Gasteiger charge is 2.16. The first kappa shape index (κ1) is 14.2. The van der Waals surface area contributed by atoms with Gasteiger partial charge in [0, 0.05) is 6.07 Å². The third-order valence-corrected chi connectivity index (χ3v) is 3.69. The van der Waals surface area contributed by atoms with E-state index in [-0.39, 0.29) is 0 Å². The van der Waals surface area contributed by atoms with Gasteiger partial charge in [-0.05, 0) is 24.6 Å². The van der Waals surface area contributed by atoms with E-state index in [1.165, 1.54) is 6.20 Å². The Hall–Kier alpha value is -2.75. The van der Waals surface area contributed by atoms with Crippen LogP contribution in [0.15, 0.2) is 54.7 Å². The molecule has 0 N–H and O–H groups in total. The van der Waals surface area contributed by atoms with Crippen LogP contribution in [0, 0.1) is 12.1 Å². The van der Waals surface area contributed by atoms with Crippen LogP contribution in [0.1, 0.15) is 11.1 Å². The van der Waals surface area contributed by atoms with Crippen molar-refractivity contribution in [3.8, 4) is 11.5 Å². The summed E-state index contributed by atoms with van der Waals surface area (Å²) in [6.07, 6.45) is 1.47. The second-order valence-corrected chi connectivity index (χ2v) is 5.07. The lowest BCUT2D eigenvalue weighted by Gasteiger charge is -2.12. The van der Waals surface area contributed by atoms with E-state index in [2.05, 4.69) is 0 Å². The molecule has 0 atom stereocenters. The van der Waals surface area contributed by atoms with Gasteiger partial charge in [-0.2, -0.15) is 4.73 Å². The van der Waals surface area contributed by atoms with Crippen molar-refractivity contribution >= 4 is 10.9 Å². The van der Waals surface area contributed by atoms with E-state index in [0.29, 0.717) is 23.6 Å². The molecule has 0 saturated heterocycles. The summed E-state index contributed by atoms with van der Waals surface area (Å²) in [6, 6.07) is 15.3. The highest BCUT2D eigenvalue weighted by molar-refractivity contribution is 5.86. The van der Waals surface area contributed by atoms with Crippen molar-refractivity contribution in [3.63, 3.8) is 0 Å². The molecule has 1 aromatic heterocycles. The van der Waals surface area contributed by atoms with E-state index in [1.54, 1.807) is 13.2 Å². The Balaban J connectivity index is 2.00. The Kier molecular flexibility index (Phi) is 3.83. The first-order valence-corrected chi connectivity index (χ1v) is 7.07. The van der Waals surface area contributed by atoms with Crippen LogP contribution in [0.2, 0.25) is 0 Å². The van der Waals surface area contributed by atoms with E-state index in [9.17, 15) is 5.21 Å². The molecule has 0 unspecified atom stereocenters. The molecule has 0 aliphatic rings. The van der Waals surface area contributed by atoms with Crippen LogP contribution in [-0.4, -0.2) is 7.11 Å². The fourth-order valence-corrected chi connectivity index (χ4v) is 2.55. The average molecular weight is 295 g/mol. The van der Waals surface area contributed by atoms with Crippen LogP contribution in [0.4, 0.5) is 0 Å². The molecule has 0 aliphatic carbocycles. The maximum atomic E-state index is 12.1. The van der Waals surface area contributed by atoms with Gasteiger partial charge in [0.25, 0.3) is 0 Å². The molecule has 2 aromatic carbocycles. The van der Waals surface area contributed by atoms with Crippen molar-refractivity contribution in [2.75, 3.05) is 7.11 Å². The number of rotatable bonds is 4. The molecule has 1 heterocycles. The number of aromatic nitrogens is 1. The first-order chi connectivity index (χ1) is 10.7. The van der Waals surface area contributed by atoms with Gasteiger partial charge in [-0.1, -0.05) is 30.3 Å². The topological polar surface area (TPSA) is 45.4 Å². The summed E-state index contributed by atoms with van der Waals surface area (Å²) in [5, 5.41) is 12.9. The van der Waals surface area contributed by atoms with Gasteiger partial charge in [0.15, 0.2) is 6.20 Å². The minimum Gasteiger partial charge on any atom is -0.618 e. The van der Waals surface area contributed by atoms with Crippen LogP contribution in [-0.2, 0) is 6.61 Å². The molecule has 0 fully saturated rings. The van der Waals surface area contributed by atoms with Gasteiger partial charge in [0.1, 0.15) is 18.1 Å². The molecule has 0 bridgehead atoms. The average Bonchev–Trinajstić information content (AvgIpc) is 2.55. The van der Waals surface area contributed by atoms with Crippen LogP contribution >= 0.6 is 0 Å². The second-order valence-electron chi connectivity index (χ2n) is 5.07. The molecule has 4 heteroatoms. The Morgan fingerprint density at radius 3 is 2.50 bits per heavy atom. The Labute approximate surface area is 129 Å². The first-order valence-electron chi connectivity index (χ1n) is 7.07. The van der Waals surface area contributed by atoms with E-state index >= 15 is 0 Å².